The molecule has 2 amide bonds. The van der Waals surface area contributed by atoms with E-state index in [4.69, 9.17) is 0 Å². The number of hydrogen-bond donors (Lipinski definition) is 1. The average molecular weight is 327 g/mol. The highest BCUT2D eigenvalue weighted by Crippen LogP contribution is 2.06. The summed E-state index contributed by atoms with van der Waals surface area (Å²) in [5.74, 6) is 0.0598. The average Bonchev–Trinajstić information content (AvgIpc) is 3.05. The number of aromatic nitrogens is 1. The van der Waals surface area contributed by atoms with Gasteiger partial charge >= 0.3 is 0 Å². The number of hydrogen-bond acceptors (Lipinski definition) is 4. The molecule has 0 radical (unpaired) electrons. The summed E-state index contributed by atoms with van der Waals surface area (Å²) in [5, 5.41) is 6.21. The molecule has 0 saturated heterocycles. The standard InChI is InChI=1S/C18H21N3O3/c1-14(2)12-21(13-17(22)19-16-10-11-24-20-16)18(23)9-8-15-6-4-3-5-7-15/h3-11,14H,12-13H2,1-2H3,(H,19,20,22)/b9-8+. The van der Waals surface area contributed by atoms with Crippen LogP contribution in [0.4, 0.5) is 5.82 Å². The number of nitrogens with one attached hydrogen (secondary N) is 1. The van der Waals surface area contributed by atoms with Crippen molar-refractivity contribution in [2.24, 2.45) is 5.92 Å². The molecular weight excluding hydrogens is 306 g/mol. The second kappa shape index (κ2) is 8.67. The predicted octanol–water partition coefficient (Wildman–Crippen LogP) is 2.81. The van der Waals surface area contributed by atoms with Crippen LogP contribution in [0.2, 0.25) is 0 Å². The van der Waals surface area contributed by atoms with Crippen LogP contribution in [0.5, 0.6) is 0 Å². The van der Waals surface area contributed by atoms with Crippen molar-refractivity contribution in [3.8, 4) is 0 Å². The fraction of sp³-hybridized carbons (Fsp3) is 0.278. The molecule has 126 valence electrons. The van der Waals surface area contributed by atoms with Crippen LogP contribution >= 0.6 is 0 Å². The van der Waals surface area contributed by atoms with Gasteiger partial charge in [-0.2, -0.15) is 0 Å². The Balaban J connectivity index is 1.99. The molecule has 0 unspecified atom stereocenters. The zero-order valence-electron chi connectivity index (χ0n) is 13.8. The second-order valence-electron chi connectivity index (χ2n) is 5.79. The summed E-state index contributed by atoms with van der Waals surface area (Å²) in [7, 11) is 0. The van der Waals surface area contributed by atoms with Gasteiger partial charge in [0.25, 0.3) is 0 Å². The molecule has 6 nitrogen and oxygen atoms in total. The lowest BCUT2D eigenvalue weighted by Crippen LogP contribution is -2.39. The van der Waals surface area contributed by atoms with Crippen molar-refractivity contribution in [3.63, 3.8) is 0 Å². The van der Waals surface area contributed by atoms with Crippen LogP contribution in [0.1, 0.15) is 19.4 Å². The maximum Gasteiger partial charge on any atom is 0.247 e. The molecule has 0 aliphatic carbocycles. The van der Waals surface area contributed by atoms with Gasteiger partial charge in [-0.3, -0.25) is 9.59 Å². The summed E-state index contributed by atoms with van der Waals surface area (Å²) in [6.07, 6.45) is 4.60. The fourth-order valence-corrected chi connectivity index (χ4v) is 2.14. The third-order valence-electron chi connectivity index (χ3n) is 3.15. The lowest BCUT2D eigenvalue weighted by atomic mass is 10.2. The molecule has 1 heterocycles. The molecule has 1 aromatic heterocycles. The molecule has 1 aromatic carbocycles. The quantitative estimate of drug-likeness (QED) is 0.794. The van der Waals surface area contributed by atoms with E-state index in [0.717, 1.165) is 5.56 Å². The molecule has 0 bridgehead atoms. The minimum atomic E-state index is -0.314. The Kier molecular flexibility index (Phi) is 6.31. The van der Waals surface area contributed by atoms with Crippen molar-refractivity contribution in [1.82, 2.24) is 10.1 Å². The van der Waals surface area contributed by atoms with Crippen molar-refractivity contribution < 1.29 is 14.1 Å². The number of amides is 2. The minimum absolute atomic E-state index is 0.0387. The number of carbonyl (C=O) groups is 2. The monoisotopic (exact) mass is 327 g/mol. The molecule has 1 N–H and O–H groups in total. The summed E-state index contributed by atoms with van der Waals surface area (Å²) >= 11 is 0. The summed E-state index contributed by atoms with van der Waals surface area (Å²) in [4.78, 5) is 26.0. The topological polar surface area (TPSA) is 75.4 Å². The van der Waals surface area contributed by atoms with Crippen molar-refractivity contribution in [2.75, 3.05) is 18.4 Å². The molecule has 6 heteroatoms. The van der Waals surface area contributed by atoms with Crippen LogP contribution in [0.15, 0.2) is 53.3 Å². The number of benzene rings is 1. The van der Waals surface area contributed by atoms with Gasteiger partial charge in [-0.25, -0.2) is 0 Å². The molecule has 0 saturated carbocycles. The highest BCUT2D eigenvalue weighted by Gasteiger charge is 2.17. The van der Waals surface area contributed by atoms with Gasteiger partial charge in [0.1, 0.15) is 12.8 Å². The number of rotatable bonds is 7. The van der Waals surface area contributed by atoms with Gasteiger partial charge in [0.05, 0.1) is 0 Å². The van der Waals surface area contributed by atoms with Gasteiger partial charge < -0.3 is 14.7 Å². The van der Waals surface area contributed by atoms with E-state index in [-0.39, 0.29) is 24.3 Å². The van der Waals surface area contributed by atoms with E-state index in [1.165, 1.54) is 17.2 Å². The van der Waals surface area contributed by atoms with E-state index in [0.29, 0.717) is 12.4 Å². The van der Waals surface area contributed by atoms with Crippen molar-refractivity contribution in [1.29, 1.82) is 0 Å². The Morgan fingerprint density at radius 1 is 1.25 bits per heavy atom. The molecule has 0 atom stereocenters. The minimum Gasteiger partial charge on any atom is -0.363 e. The van der Waals surface area contributed by atoms with Crippen LogP contribution in [0.3, 0.4) is 0 Å². The van der Waals surface area contributed by atoms with E-state index in [1.807, 2.05) is 44.2 Å². The zero-order valence-corrected chi connectivity index (χ0v) is 13.8. The van der Waals surface area contributed by atoms with E-state index >= 15 is 0 Å². The van der Waals surface area contributed by atoms with Crippen LogP contribution in [-0.4, -0.2) is 35.0 Å². The molecule has 2 rings (SSSR count). The molecule has 0 aliphatic heterocycles. The summed E-state index contributed by atoms with van der Waals surface area (Å²) in [6, 6.07) is 11.1. The molecule has 24 heavy (non-hydrogen) atoms. The molecular formula is C18H21N3O3. The maximum atomic E-state index is 12.4. The van der Waals surface area contributed by atoms with Gasteiger partial charge in [-0.15, -0.1) is 0 Å². The largest absolute Gasteiger partial charge is 0.363 e. The second-order valence-corrected chi connectivity index (χ2v) is 5.79. The third-order valence-corrected chi connectivity index (χ3v) is 3.15. The highest BCUT2D eigenvalue weighted by atomic mass is 16.5. The van der Waals surface area contributed by atoms with E-state index in [1.54, 1.807) is 12.1 Å². The van der Waals surface area contributed by atoms with Crippen LogP contribution in [0, 0.1) is 5.92 Å². The van der Waals surface area contributed by atoms with Gasteiger partial charge in [-0.05, 0) is 17.6 Å². The highest BCUT2D eigenvalue weighted by molar-refractivity contribution is 5.97. The Morgan fingerprint density at radius 2 is 2.00 bits per heavy atom. The lowest BCUT2D eigenvalue weighted by molar-refractivity contribution is -0.131. The zero-order chi connectivity index (χ0) is 17.4. The fourth-order valence-electron chi connectivity index (χ4n) is 2.14. The van der Waals surface area contributed by atoms with Crippen molar-refractivity contribution in [3.05, 3.63) is 54.3 Å². The van der Waals surface area contributed by atoms with Crippen LogP contribution in [0.25, 0.3) is 6.08 Å². The molecule has 0 spiro atoms. The number of nitrogens with zero attached hydrogens (tertiary/aromatic N) is 2. The molecule has 2 aromatic rings. The number of anilines is 1. The van der Waals surface area contributed by atoms with Crippen LogP contribution in [-0.2, 0) is 9.59 Å². The van der Waals surface area contributed by atoms with Gasteiger partial charge in [-0.1, -0.05) is 49.3 Å². The van der Waals surface area contributed by atoms with Crippen molar-refractivity contribution >= 4 is 23.7 Å². The third kappa shape index (κ3) is 5.72. The lowest BCUT2D eigenvalue weighted by Gasteiger charge is -2.22. The number of carbonyl (C=O) groups excluding carboxylic acids is 2. The van der Waals surface area contributed by atoms with Gasteiger partial charge in [0.2, 0.25) is 11.8 Å². The molecule has 0 fully saturated rings. The van der Waals surface area contributed by atoms with Crippen molar-refractivity contribution in [2.45, 2.75) is 13.8 Å². The first-order valence-electron chi connectivity index (χ1n) is 7.77. The van der Waals surface area contributed by atoms with E-state index in [2.05, 4.69) is 15.0 Å². The Morgan fingerprint density at radius 3 is 2.62 bits per heavy atom. The first-order valence-corrected chi connectivity index (χ1v) is 7.77. The van der Waals surface area contributed by atoms with Gasteiger partial charge in [0.15, 0.2) is 5.82 Å². The van der Waals surface area contributed by atoms with E-state index in [9.17, 15) is 9.59 Å². The normalized spacial score (nSPS) is 11.0. The summed E-state index contributed by atoms with van der Waals surface area (Å²) in [5.41, 5.74) is 0.933. The summed E-state index contributed by atoms with van der Waals surface area (Å²) < 4.78 is 4.66. The smallest absolute Gasteiger partial charge is 0.247 e. The first kappa shape index (κ1) is 17.5. The predicted molar refractivity (Wildman–Crippen MR) is 92.0 cm³/mol. The Labute approximate surface area is 141 Å². The van der Waals surface area contributed by atoms with Crippen LogP contribution < -0.4 is 5.32 Å². The van der Waals surface area contributed by atoms with Gasteiger partial charge in [0, 0.05) is 18.7 Å². The Hall–Kier alpha value is -2.89. The molecule has 0 aliphatic rings. The Bertz CT molecular complexity index is 679. The SMILES string of the molecule is CC(C)CN(CC(=O)Nc1ccon1)C(=O)/C=C/c1ccccc1. The van der Waals surface area contributed by atoms with E-state index < -0.39 is 0 Å². The summed E-state index contributed by atoms with van der Waals surface area (Å²) in [6.45, 7) is 4.45. The first-order chi connectivity index (χ1) is 11.5. The maximum absolute atomic E-state index is 12.4.